The Morgan fingerprint density at radius 1 is 1.30 bits per heavy atom. The highest BCUT2D eigenvalue weighted by atomic mass is 35.5. The SMILES string of the molecule is COc1cncc(N2CC[C@@H](C(=O)N3Cc4nc(C)c(Cl)c(C)c4C3)C2)c1. The first-order valence-corrected chi connectivity index (χ1v) is 9.53. The smallest absolute Gasteiger partial charge is 0.228 e. The third kappa shape index (κ3) is 3.23. The van der Waals surface area contributed by atoms with Gasteiger partial charge in [0.2, 0.25) is 5.91 Å². The van der Waals surface area contributed by atoms with Gasteiger partial charge in [0, 0.05) is 25.7 Å². The van der Waals surface area contributed by atoms with Gasteiger partial charge in [-0.3, -0.25) is 14.8 Å². The van der Waals surface area contributed by atoms with Gasteiger partial charge in [-0.25, -0.2) is 0 Å². The largest absolute Gasteiger partial charge is 0.495 e. The van der Waals surface area contributed by atoms with E-state index >= 15 is 0 Å². The van der Waals surface area contributed by atoms with E-state index in [1.807, 2.05) is 31.0 Å². The molecule has 1 amide bonds. The molecule has 27 heavy (non-hydrogen) atoms. The molecule has 1 atom stereocenters. The molecular weight excluding hydrogens is 364 g/mol. The third-order valence-corrected chi connectivity index (χ3v) is 6.15. The first-order chi connectivity index (χ1) is 13.0. The second kappa shape index (κ2) is 7.00. The summed E-state index contributed by atoms with van der Waals surface area (Å²) in [5, 5.41) is 0.709. The molecule has 0 aliphatic carbocycles. The molecule has 1 fully saturated rings. The van der Waals surface area contributed by atoms with Crippen LogP contribution in [0, 0.1) is 19.8 Å². The Kier molecular flexibility index (Phi) is 4.68. The number of hydrogen-bond acceptors (Lipinski definition) is 5. The molecule has 0 N–H and O–H groups in total. The van der Waals surface area contributed by atoms with E-state index in [1.165, 1.54) is 0 Å². The van der Waals surface area contributed by atoms with Crippen molar-refractivity contribution in [1.82, 2.24) is 14.9 Å². The normalized spacial score (nSPS) is 18.7. The zero-order valence-corrected chi connectivity index (χ0v) is 16.6. The fourth-order valence-corrected chi connectivity index (χ4v) is 4.17. The van der Waals surface area contributed by atoms with Crippen molar-refractivity contribution >= 4 is 23.2 Å². The minimum absolute atomic E-state index is 0.0117. The second-order valence-electron chi connectivity index (χ2n) is 7.27. The van der Waals surface area contributed by atoms with Gasteiger partial charge in [0.05, 0.1) is 54.1 Å². The van der Waals surface area contributed by atoms with E-state index < -0.39 is 0 Å². The van der Waals surface area contributed by atoms with Crippen molar-refractivity contribution in [3.05, 3.63) is 46.0 Å². The number of amides is 1. The van der Waals surface area contributed by atoms with Crippen LogP contribution in [0.15, 0.2) is 18.5 Å². The molecule has 2 aliphatic rings. The maximum absolute atomic E-state index is 13.1. The minimum Gasteiger partial charge on any atom is -0.495 e. The van der Waals surface area contributed by atoms with E-state index in [9.17, 15) is 4.79 Å². The number of nitrogens with zero attached hydrogens (tertiary/aromatic N) is 4. The monoisotopic (exact) mass is 386 g/mol. The number of aryl methyl sites for hydroxylation is 1. The lowest BCUT2D eigenvalue weighted by atomic mass is 10.1. The van der Waals surface area contributed by atoms with Crippen LogP contribution in [0.3, 0.4) is 0 Å². The summed E-state index contributed by atoms with van der Waals surface area (Å²) in [7, 11) is 1.63. The van der Waals surface area contributed by atoms with Crippen LogP contribution in [0.1, 0.15) is 28.9 Å². The summed E-state index contributed by atoms with van der Waals surface area (Å²) in [4.78, 5) is 26.0. The Morgan fingerprint density at radius 2 is 2.11 bits per heavy atom. The zero-order chi connectivity index (χ0) is 19.1. The zero-order valence-electron chi connectivity index (χ0n) is 15.8. The predicted molar refractivity (Wildman–Crippen MR) is 104 cm³/mol. The Bertz CT molecular complexity index is 902. The van der Waals surface area contributed by atoms with Crippen molar-refractivity contribution in [2.45, 2.75) is 33.4 Å². The topological polar surface area (TPSA) is 58.6 Å². The van der Waals surface area contributed by atoms with E-state index in [0.717, 1.165) is 46.9 Å². The number of carbonyl (C=O) groups is 1. The number of pyridine rings is 2. The van der Waals surface area contributed by atoms with Gasteiger partial charge in [0.15, 0.2) is 0 Å². The highest BCUT2D eigenvalue weighted by Crippen LogP contribution is 2.33. The molecule has 0 radical (unpaired) electrons. The predicted octanol–water partition coefficient (Wildman–Crippen LogP) is 3.12. The van der Waals surface area contributed by atoms with Crippen molar-refractivity contribution in [3.8, 4) is 5.75 Å². The van der Waals surface area contributed by atoms with Crippen molar-refractivity contribution in [2.24, 2.45) is 5.92 Å². The van der Waals surface area contributed by atoms with Crippen molar-refractivity contribution in [3.63, 3.8) is 0 Å². The lowest BCUT2D eigenvalue weighted by Crippen LogP contribution is -2.34. The maximum atomic E-state index is 13.1. The van der Waals surface area contributed by atoms with Crippen LogP contribution in [0.4, 0.5) is 5.69 Å². The Labute approximate surface area is 164 Å². The van der Waals surface area contributed by atoms with Crippen LogP contribution in [-0.2, 0) is 17.9 Å². The first-order valence-electron chi connectivity index (χ1n) is 9.15. The summed E-state index contributed by atoms with van der Waals surface area (Å²) in [5.41, 5.74) is 4.96. The molecular formula is C20H23ClN4O2. The first kappa shape index (κ1) is 18.0. The van der Waals surface area contributed by atoms with Gasteiger partial charge in [0.25, 0.3) is 0 Å². The quantitative estimate of drug-likeness (QED) is 0.811. The Balaban J connectivity index is 1.46. The van der Waals surface area contributed by atoms with Crippen LogP contribution >= 0.6 is 11.6 Å². The van der Waals surface area contributed by atoms with Gasteiger partial charge in [-0.1, -0.05) is 11.6 Å². The summed E-state index contributed by atoms with van der Waals surface area (Å²) in [6.45, 7) is 6.64. The standard InChI is InChI=1S/C20H23ClN4O2/c1-12-17-10-25(11-18(17)23-13(2)19(12)21)20(26)14-4-5-24(9-14)15-6-16(27-3)8-22-7-15/h6-8,14H,4-5,9-11H2,1-3H3/t14-/m1/s1. The molecule has 4 heterocycles. The summed E-state index contributed by atoms with van der Waals surface area (Å²) in [6, 6.07) is 1.96. The van der Waals surface area contributed by atoms with E-state index in [0.29, 0.717) is 24.7 Å². The fourth-order valence-electron chi connectivity index (χ4n) is 4.01. The van der Waals surface area contributed by atoms with Gasteiger partial charge in [0.1, 0.15) is 5.75 Å². The van der Waals surface area contributed by atoms with Crippen LogP contribution in [0.5, 0.6) is 5.75 Å². The summed E-state index contributed by atoms with van der Waals surface area (Å²) >= 11 is 6.34. The van der Waals surface area contributed by atoms with Gasteiger partial charge in [-0.05, 0) is 31.4 Å². The van der Waals surface area contributed by atoms with Crippen molar-refractivity contribution < 1.29 is 9.53 Å². The highest BCUT2D eigenvalue weighted by molar-refractivity contribution is 6.32. The third-order valence-electron chi connectivity index (χ3n) is 5.59. The number of carbonyl (C=O) groups excluding carboxylic acids is 1. The molecule has 7 heteroatoms. The van der Waals surface area contributed by atoms with Crippen LogP contribution in [0.25, 0.3) is 0 Å². The average molecular weight is 387 g/mol. The number of rotatable bonds is 3. The van der Waals surface area contributed by atoms with Gasteiger partial charge >= 0.3 is 0 Å². The number of aromatic nitrogens is 2. The van der Waals surface area contributed by atoms with Gasteiger partial charge in [-0.15, -0.1) is 0 Å². The molecule has 0 spiro atoms. The lowest BCUT2D eigenvalue weighted by Gasteiger charge is -2.21. The summed E-state index contributed by atoms with van der Waals surface area (Å²) in [6.07, 6.45) is 4.35. The van der Waals surface area contributed by atoms with Crippen LogP contribution in [-0.4, -0.2) is 41.0 Å². The average Bonchev–Trinajstić information content (AvgIpc) is 3.33. The molecule has 0 bridgehead atoms. The number of hydrogen-bond donors (Lipinski definition) is 0. The van der Waals surface area contributed by atoms with E-state index in [-0.39, 0.29) is 11.8 Å². The van der Waals surface area contributed by atoms with Crippen LogP contribution in [0.2, 0.25) is 5.02 Å². The molecule has 4 rings (SSSR count). The maximum Gasteiger partial charge on any atom is 0.228 e. The van der Waals surface area contributed by atoms with Crippen molar-refractivity contribution in [2.75, 3.05) is 25.1 Å². The number of ether oxygens (including phenoxy) is 1. The number of halogens is 1. The van der Waals surface area contributed by atoms with Gasteiger partial charge in [-0.2, -0.15) is 0 Å². The summed E-state index contributed by atoms with van der Waals surface area (Å²) in [5.74, 6) is 0.910. The highest BCUT2D eigenvalue weighted by Gasteiger charge is 2.35. The Hall–Kier alpha value is -2.34. The van der Waals surface area contributed by atoms with E-state index in [4.69, 9.17) is 16.3 Å². The van der Waals surface area contributed by atoms with E-state index in [2.05, 4.69) is 14.9 Å². The number of anilines is 1. The molecule has 0 unspecified atom stereocenters. The molecule has 2 aliphatic heterocycles. The molecule has 2 aromatic heterocycles. The minimum atomic E-state index is -0.0117. The molecule has 1 saturated heterocycles. The molecule has 2 aromatic rings. The van der Waals surface area contributed by atoms with Crippen molar-refractivity contribution in [1.29, 1.82) is 0 Å². The molecule has 142 valence electrons. The van der Waals surface area contributed by atoms with E-state index in [1.54, 1.807) is 13.3 Å². The lowest BCUT2D eigenvalue weighted by molar-refractivity contribution is -0.135. The molecule has 0 saturated carbocycles. The second-order valence-corrected chi connectivity index (χ2v) is 7.65. The summed E-state index contributed by atoms with van der Waals surface area (Å²) < 4.78 is 5.25. The number of methoxy groups -OCH3 is 1. The van der Waals surface area contributed by atoms with Gasteiger partial charge < -0.3 is 14.5 Å². The molecule has 0 aromatic carbocycles. The van der Waals surface area contributed by atoms with Crippen LogP contribution < -0.4 is 9.64 Å². The molecule has 6 nitrogen and oxygen atoms in total. The number of fused-ring (bicyclic) bond motifs is 1. The Morgan fingerprint density at radius 3 is 2.89 bits per heavy atom. The fraction of sp³-hybridized carbons (Fsp3) is 0.450.